The Bertz CT molecular complexity index is 653. The van der Waals surface area contributed by atoms with Gasteiger partial charge in [0.25, 0.3) is 11.8 Å². The minimum atomic E-state index is -0.879. The molecule has 0 bridgehead atoms. The zero-order chi connectivity index (χ0) is 16.6. The number of carboxylic acid groups (broad SMARTS) is 1. The van der Waals surface area contributed by atoms with Crippen molar-refractivity contribution in [2.45, 2.75) is 38.6 Å². The molecule has 0 radical (unpaired) electrons. The van der Waals surface area contributed by atoms with E-state index in [0.717, 1.165) is 30.7 Å². The lowest BCUT2D eigenvalue weighted by Crippen LogP contribution is -2.35. The summed E-state index contributed by atoms with van der Waals surface area (Å²) in [7, 11) is 0. The molecular formula is C15H19N3O4S. The highest BCUT2D eigenvalue weighted by Gasteiger charge is 2.50. The molecule has 23 heavy (non-hydrogen) atoms. The number of carbonyl (C=O) groups is 3. The first kappa shape index (κ1) is 15.9. The maximum atomic E-state index is 12.4. The Morgan fingerprint density at radius 3 is 2.78 bits per heavy atom. The van der Waals surface area contributed by atoms with E-state index in [0.29, 0.717) is 12.8 Å². The number of likely N-dealkylation sites (tertiary alicyclic amines) is 1. The van der Waals surface area contributed by atoms with Crippen molar-refractivity contribution in [1.82, 2.24) is 15.2 Å². The molecule has 2 heterocycles. The van der Waals surface area contributed by atoms with E-state index in [9.17, 15) is 14.4 Å². The predicted octanol–water partition coefficient (Wildman–Crippen LogP) is 1.36. The summed E-state index contributed by atoms with van der Waals surface area (Å²) >= 11 is 1.11. The smallest absolute Gasteiger partial charge is 0.311 e. The van der Waals surface area contributed by atoms with E-state index in [1.54, 1.807) is 10.3 Å². The molecule has 0 aromatic carbocycles. The molecule has 0 unspecified atom stereocenters. The van der Waals surface area contributed by atoms with Crippen molar-refractivity contribution in [2.75, 3.05) is 13.1 Å². The van der Waals surface area contributed by atoms with E-state index in [1.165, 1.54) is 0 Å². The first-order valence-electron chi connectivity index (χ1n) is 7.71. The van der Waals surface area contributed by atoms with Gasteiger partial charge in [-0.1, -0.05) is 0 Å². The molecule has 1 atom stereocenters. The van der Waals surface area contributed by atoms with Gasteiger partial charge in [0.2, 0.25) is 0 Å². The molecule has 124 valence electrons. The van der Waals surface area contributed by atoms with Crippen molar-refractivity contribution < 1.29 is 19.5 Å². The van der Waals surface area contributed by atoms with Crippen LogP contribution in [0, 0.1) is 5.41 Å². The number of carbonyl (C=O) groups excluding carboxylic acids is 2. The predicted molar refractivity (Wildman–Crippen MR) is 83.5 cm³/mol. The van der Waals surface area contributed by atoms with E-state index >= 15 is 0 Å². The zero-order valence-corrected chi connectivity index (χ0v) is 13.7. The van der Waals surface area contributed by atoms with Crippen LogP contribution in [0.25, 0.3) is 0 Å². The third-order valence-electron chi connectivity index (χ3n) is 4.63. The topological polar surface area (TPSA) is 99.6 Å². The van der Waals surface area contributed by atoms with Crippen LogP contribution in [0.4, 0.5) is 0 Å². The highest BCUT2D eigenvalue weighted by molar-refractivity contribution is 7.11. The standard InChI is InChI=1S/C15H19N3O4S/c1-9-3-2-6-18(9)13(20)10-7-23-12(17-10)11(19)16-8-15(4-5-15)14(21)22/h7,9H,2-6,8H2,1H3,(H,16,19)(H,21,22)/t9-/m0/s1. The summed E-state index contributed by atoms with van der Waals surface area (Å²) < 4.78 is 0. The number of hydrogen-bond donors (Lipinski definition) is 2. The second kappa shape index (κ2) is 5.92. The first-order chi connectivity index (χ1) is 10.9. The van der Waals surface area contributed by atoms with Gasteiger partial charge in [-0.3, -0.25) is 14.4 Å². The van der Waals surface area contributed by atoms with Crippen LogP contribution in [0.3, 0.4) is 0 Å². The van der Waals surface area contributed by atoms with Crippen molar-refractivity contribution in [3.63, 3.8) is 0 Å². The highest BCUT2D eigenvalue weighted by atomic mass is 32.1. The van der Waals surface area contributed by atoms with Crippen molar-refractivity contribution in [3.05, 3.63) is 16.1 Å². The fourth-order valence-corrected chi connectivity index (χ4v) is 3.51. The molecule has 8 heteroatoms. The van der Waals surface area contributed by atoms with Crippen LogP contribution in [0.2, 0.25) is 0 Å². The van der Waals surface area contributed by atoms with Crippen molar-refractivity contribution in [1.29, 1.82) is 0 Å². The summed E-state index contributed by atoms with van der Waals surface area (Å²) in [5.74, 6) is -1.44. The monoisotopic (exact) mass is 337 g/mol. The van der Waals surface area contributed by atoms with Crippen LogP contribution >= 0.6 is 11.3 Å². The minimum Gasteiger partial charge on any atom is -0.481 e. The van der Waals surface area contributed by atoms with Gasteiger partial charge in [-0.2, -0.15) is 0 Å². The molecule has 1 saturated carbocycles. The number of amides is 2. The van der Waals surface area contributed by atoms with E-state index in [-0.39, 0.29) is 29.2 Å². The zero-order valence-electron chi connectivity index (χ0n) is 12.9. The molecule has 2 fully saturated rings. The molecule has 1 aliphatic heterocycles. The fraction of sp³-hybridized carbons (Fsp3) is 0.600. The Kier molecular flexibility index (Phi) is 4.09. The van der Waals surface area contributed by atoms with Gasteiger partial charge in [0.15, 0.2) is 5.01 Å². The summed E-state index contributed by atoms with van der Waals surface area (Å²) in [5.41, 5.74) is -0.524. The lowest BCUT2D eigenvalue weighted by molar-refractivity contribution is -0.143. The summed E-state index contributed by atoms with van der Waals surface area (Å²) in [6.45, 7) is 2.83. The number of aliphatic carboxylic acids is 1. The second-order valence-electron chi connectivity index (χ2n) is 6.30. The van der Waals surface area contributed by atoms with Crippen LogP contribution in [0.5, 0.6) is 0 Å². The Balaban J connectivity index is 1.61. The molecule has 1 saturated heterocycles. The molecule has 0 spiro atoms. The number of nitrogens with one attached hydrogen (secondary N) is 1. The number of hydrogen-bond acceptors (Lipinski definition) is 5. The number of thiazole rings is 1. The quantitative estimate of drug-likeness (QED) is 0.845. The second-order valence-corrected chi connectivity index (χ2v) is 7.15. The van der Waals surface area contributed by atoms with Gasteiger partial charge in [0.1, 0.15) is 5.69 Å². The summed E-state index contributed by atoms with van der Waals surface area (Å²) in [6.07, 6.45) is 3.14. The van der Waals surface area contributed by atoms with Gasteiger partial charge in [0.05, 0.1) is 5.41 Å². The third-order valence-corrected chi connectivity index (χ3v) is 5.47. The largest absolute Gasteiger partial charge is 0.481 e. The highest BCUT2D eigenvalue weighted by Crippen LogP contribution is 2.45. The van der Waals surface area contributed by atoms with Crippen LogP contribution in [-0.2, 0) is 4.79 Å². The van der Waals surface area contributed by atoms with Crippen molar-refractivity contribution in [2.24, 2.45) is 5.41 Å². The summed E-state index contributed by atoms with van der Waals surface area (Å²) in [4.78, 5) is 41.4. The van der Waals surface area contributed by atoms with Gasteiger partial charge in [0, 0.05) is 24.5 Å². The van der Waals surface area contributed by atoms with Crippen LogP contribution in [-0.4, -0.2) is 51.9 Å². The Morgan fingerprint density at radius 1 is 1.48 bits per heavy atom. The van der Waals surface area contributed by atoms with Crippen LogP contribution in [0.15, 0.2) is 5.38 Å². The van der Waals surface area contributed by atoms with Gasteiger partial charge in [-0.25, -0.2) is 4.98 Å². The molecule has 1 aromatic heterocycles. The first-order valence-corrected chi connectivity index (χ1v) is 8.59. The number of carboxylic acids is 1. The van der Waals surface area contributed by atoms with Crippen LogP contribution in [0.1, 0.15) is 52.9 Å². The van der Waals surface area contributed by atoms with Gasteiger partial charge in [-0.15, -0.1) is 11.3 Å². The van der Waals surface area contributed by atoms with Crippen molar-refractivity contribution in [3.8, 4) is 0 Å². The fourth-order valence-electron chi connectivity index (χ4n) is 2.80. The molecule has 2 aliphatic rings. The van der Waals surface area contributed by atoms with Crippen LogP contribution < -0.4 is 5.32 Å². The minimum absolute atomic E-state index is 0.104. The van der Waals surface area contributed by atoms with E-state index in [4.69, 9.17) is 5.11 Å². The Labute approximate surface area is 137 Å². The van der Waals surface area contributed by atoms with E-state index < -0.39 is 17.3 Å². The number of rotatable bonds is 5. The van der Waals surface area contributed by atoms with Gasteiger partial charge >= 0.3 is 5.97 Å². The summed E-state index contributed by atoms with van der Waals surface area (Å²) in [5, 5.41) is 13.5. The third kappa shape index (κ3) is 3.08. The normalized spacial score (nSPS) is 22.0. The van der Waals surface area contributed by atoms with Gasteiger partial charge in [-0.05, 0) is 32.6 Å². The maximum absolute atomic E-state index is 12.4. The maximum Gasteiger partial charge on any atom is 0.311 e. The lowest BCUT2D eigenvalue weighted by atomic mass is 10.1. The lowest BCUT2D eigenvalue weighted by Gasteiger charge is -2.19. The molecule has 7 nitrogen and oxygen atoms in total. The van der Waals surface area contributed by atoms with E-state index in [1.807, 2.05) is 6.92 Å². The average Bonchev–Trinajstić information content (AvgIpc) is 2.95. The SMILES string of the molecule is C[C@H]1CCCN1C(=O)c1csc(C(=O)NCC2(C(=O)O)CC2)n1. The molecule has 1 aromatic rings. The Morgan fingerprint density at radius 2 is 2.22 bits per heavy atom. The molecule has 2 N–H and O–H groups in total. The number of aromatic nitrogens is 1. The molecular weight excluding hydrogens is 318 g/mol. The van der Waals surface area contributed by atoms with E-state index in [2.05, 4.69) is 10.3 Å². The molecule has 1 aliphatic carbocycles. The summed E-state index contributed by atoms with van der Waals surface area (Å²) in [6, 6.07) is 0.201. The van der Waals surface area contributed by atoms with Gasteiger partial charge < -0.3 is 15.3 Å². The Hall–Kier alpha value is -1.96. The molecule has 2 amide bonds. The van der Waals surface area contributed by atoms with Crippen molar-refractivity contribution >= 4 is 29.1 Å². The average molecular weight is 337 g/mol. The number of nitrogens with zero attached hydrogens (tertiary/aromatic N) is 2. The molecule has 3 rings (SSSR count).